The molecule has 0 spiro atoms. The van der Waals surface area contributed by atoms with Gasteiger partial charge in [0.05, 0.1) is 0 Å². The first-order valence-corrected chi connectivity index (χ1v) is 10.6. The molecule has 4 heteroatoms. The molecule has 0 bridgehead atoms. The Labute approximate surface area is 152 Å². The van der Waals surface area contributed by atoms with E-state index in [1.54, 1.807) is 0 Å². The van der Waals surface area contributed by atoms with E-state index < -0.39 is 6.10 Å². The molecule has 0 saturated carbocycles. The van der Waals surface area contributed by atoms with Crippen LogP contribution in [0.2, 0.25) is 0 Å². The second-order valence-electron chi connectivity index (χ2n) is 6.15. The number of carbonyl (C=O) groups is 1. The predicted octanol–water partition coefficient (Wildman–Crippen LogP) is 3.59. The summed E-state index contributed by atoms with van der Waals surface area (Å²) in [5.41, 5.74) is 1.18. The molecule has 132 valence electrons. The molecular formula is C20H28O3Se. The molecule has 0 N–H and O–H groups in total. The molecule has 1 heterocycles. The molecule has 24 heavy (non-hydrogen) atoms. The van der Waals surface area contributed by atoms with Gasteiger partial charge < -0.3 is 0 Å². The van der Waals surface area contributed by atoms with E-state index in [4.69, 9.17) is 9.47 Å². The number of benzene rings is 1. The van der Waals surface area contributed by atoms with Crippen molar-refractivity contribution in [3.8, 4) is 0 Å². The van der Waals surface area contributed by atoms with Crippen LogP contribution < -0.4 is 4.46 Å². The zero-order chi connectivity index (χ0) is 17.4. The van der Waals surface area contributed by atoms with Gasteiger partial charge in [-0.2, -0.15) is 0 Å². The van der Waals surface area contributed by atoms with Gasteiger partial charge >= 0.3 is 152 Å². The zero-order valence-corrected chi connectivity index (χ0v) is 16.6. The summed E-state index contributed by atoms with van der Waals surface area (Å²) in [7, 11) is 1.44. The molecule has 1 aromatic rings. The first-order chi connectivity index (χ1) is 11.7. The topological polar surface area (TPSA) is 35.5 Å². The van der Waals surface area contributed by atoms with Gasteiger partial charge in [0.2, 0.25) is 0 Å². The van der Waals surface area contributed by atoms with Gasteiger partial charge in [0.15, 0.2) is 0 Å². The third kappa shape index (κ3) is 5.20. The molecule has 1 aromatic carbocycles. The number of methoxy groups -OCH3 is 1. The van der Waals surface area contributed by atoms with Gasteiger partial charge in [0.1, 0.15) is 0 Å². The summed E-state index contributed by atoms with van der Waals surface area (Å²) in [6.07, 6.45) is 6.57. The predicted molar refractivity (Wildman–Crippen MR) is 98.6 cm³/mol. The summed E-state index contributed by atoms with van der Waals surface area (Å²) in [6, 6.07) is 10.5. The van der Waals surface area contributed by atoms with Crippen molar-refractivity contribution in [3.63, 3.8) is 0 Å². The number of hydrogen-bond acceptors (Lipinski definition) is 3. The van der Waals surface area contributed by atoms with Gasteiger partial charge in [-0.1, -0.05) is 0 Å². The Hall–Kier alpha value is -1.09. The summed E-state index contributed by atoms with van der Waals surface area (Å²) in [5, 5.41) is 0. The fraction of sp³-hybridized carbons (Fsp3) is 0.550. The number of carbonyl (C=O) groups excluding carboxylic acids is 1. The van der Waals surface area contributed by atoms with Crippen LogP contribution in [0.5, 0.6) is 0 Å². The Morgan fingerprint density at radius 3 is 2.54 bits per heavy atom. The van der Waals surface area contributed by atoms with Crippen molar-refractivity contribution in [1.82, 2.24) is 0 Å². The second kappa shape index (κ2) is 10.0. The normalized spacial score (nSPS) is 20.5. The van der Waals surface area contributed by atoms with E-state index >= 15 is 0 Å². The quantitative estimate of drug-likeness (QED) is 0.364. The fourth-order valence-electron chi connectivity index (χ4n) is 2.98. The van der Waals surface area contributed by atoms with Gasteiger partial charge in [-0.3, -0.25) is 0 Å². The van der Waals surface area contributed by atoms with E-state index in [-0.39, 0.29) is 27.0 Å². The SMILES string of the molecule is CCCCCCCC1=C([Se]c2ccccc2)[C@@H](C)O[C@@H]1C(=O)OC. The van der Waals surface area contributed by atoms with Crippen LogP contribution in [0.1, 0.15) is 52.4 Å². The summed E-state index contributed by atoms with van der Waals surface area (Å²) in [6.45, 7) is 4.28. The van der Waals surface area contributed by atoms with Crippen molar-refractivity contribution in [2.24, 2.45) is 0 Å². The van der Waals surface area contributed by atoms with Crippen LogP contribution in [0.25, 0.3) is 0 Å². The molecule has 1 aliphatic heterocycles. The maximum absolute atomic E-state index is 12.1. The van der Waals surface area contributed by atoms with Crippen molar-refractivity contribution < 1.29 is 14.3 Å². The molecule has 2 atom stereocenters. The summed E-state index contributed by atoms with van der Waals surface area (Å²) < 4.78 is 13.6. The van der Waals surface area contributed by atoms with Crippen molar-refractivity contribution in [2.75, 3.05) is 7.11 Å². The van der Waals surface area contributed by atoms with Crippen LogP contribution in [-0.2, 0) is 14.3 Å². The Morgan fingerprint density at radius 2 is 1.88 bits per heavy atom. The molecular weight excluding hydrogens is 367 g/mol. The molecule has 3 nitrogen and oxygen atoms in total. The van der Waals surface area contributed by atoms with Gasteiger partial charge in [0, 0.05) is 0 Å². The number of unbranched alkanes of at least 4 members (excludes halogenated alkanes) is 4. The molecule has 0 amide bonds. The van der Waals surface area contributed by atoms with Crippen molar-refractivity contribution >= 4 is 25.4 Å². The Kier molecular flexibility index (Phi) is 8.04. The van der Waals surface area contributed by atoms with E-state index in [9.17, 15) is 4.79 Å². The minimum atomic E-state index is -0.503. The third-order valence-electron chi connectivity index (χ3n) is 4.28. The van der Waals surface area contributed by atoms with Gasteiger partial charge in [-0.15, -0.1) is 0 Å². The molecule has 0 aliphatic carbocycles. The zero-order valence-electron chi connectivity index (χ0n) is 14.9. The molecule has 1 aliphatic rings. The second-order valence-corrected chi connectivity index (χ2v) is 8.49. The molecule has 0 aromatic heterocycles. The summed E-state index contributed by atoms with van der Waals surface area (Å²) >= 11 is 0.197. The van der Waals surface area contributed by atoms with Crippen LogP contribution in [0.4, 0.5) is 0 Å². The number of rotatable bonds is 9. The van der Waals surface area contributed by atoms with E-state index in [1.165, 1.54) is 47.3 Å². The van der Waals surface area contributed by atoms with Crippen LogP contribution in [-0.4, -0.2) is 40.2 Å². The Morgan fingerprint density at radius 1 is 1.17 bits per heavy atom. The monoisotopic (exact) mass is 396 g/mol. The van der Waals surface area contributed by atoms with Gasteiger partial charge in [-0.05, 0) is 0 Å². The van der Waals surface area contributed by atoms with E-state index in [2.05, 4.69) is 38.1 Å². The van der Waals surface area contributed by atoms with Crippen LogP contribution in [0.3, 0.4) is 0 Å². The number of hydrogen-bond donors (Lipinski definition) is 0. The standard InChI is InChI=1S/C20H28O3Se/c1-4-5-6-7-11-14-17-18(20(21)22-3)23-15(2)19(17)24-16-12-9-8-10-13-16/h8-10,12-13,15,18H,4-7,11,14H2,1-3H3/t15-,18+/m1/s1. The van der Waals surface area contributed by atoms with Crippen LogP contribution in [0, 0.1) is 0 Å². The Bertz CT molecular complexity index is 553. The van der Waals surface area contributed by atoms with Crippen molar-refractivity contribution in [2.45, 2.75) is 64.6 Å². The summed E-state index contributed by atoms with van der Waals surface area (Å²) in [5.74, 6) is -0.260. The first-order valence-electron chi connectivity index (χ1n) is 8.86. The van der Waals surface area contributed by atoms with Crippen molar-refractivity contribution in [1.29, 1.82) is 0 Å². The van der Waals surface area contributed by atoms with Crippen LogP contribution in [0.15, 0.2) is 40.4 Å². The minimum absolute atomic E-state index is 0.0000482. The van der Waals surface area contributed by atoms with Gasteiger partial charge in [-0.25, -0.2) is 0 Å². The molecule has 0 saturated heterocycles. The van der Waals surface area contributed by atoms with E-state index in [0.717, 1.165) is 12.8 Å². The van der Waals surface area contributed by atoms with Crippen LogP contribution >= 0.6 is 0 Å². The molecule has 0 fully saturated rings. The Balaban J connectivity index is 2.13. The first kappa shape index (κ1) is 19.2. The fourth-order valence-corrected chi connectivity index (χ4v) is 5.31. The number of ether oxygens (including phenoxy) is 2. The average molecular weight is 395 g/mol. The van der Waals surface area contributed by atoms with E-state index in [0.29, 0.717) is 0 Å². The third-order valence-corrected chi connectivity index (χ3v) is 7.05. The van der Waals surface area contributed by atoms with Gasteiger partial charge in [0.25, 0.3) is 0 Å². The molecule has 0 unspecified atom stereocenters. The van der Waals surface area contributed by atoms with Crippen molar-refractivity contribution in [3.05, 3.63) is 40.4 Å². The molecule has 0 radical (unpaired) electrons. The average Bonchev–Trinajstić information content (AvgIpc) is 2.91. The molecule has 2 rings (SSSR count). The summed E-state index contributed by atoms with van der Waals surface area (Å²) in [4.78, 5) is 12.1. The number of esters is 1. The van der Waals surface area contributed by atoms with E-state index in [1.807, 2.05) is 6.07 Å². The maximum atomic E-state index is 12.1.